The summed E-state index contributed by atoms with van der Waals surface area (Å²) in [5.41, 5.74) is 7.19. The van der Waals surface area contributed by atoms with Crippen LogP contribution in [0.4, 0.5) is 0 Å². The van der Waals surface area contributed by atoms with Gasteiger partial charge in [-0.05, 0) is 58.5 Å². The predicted molar refractivity (Wildman–Crippen MR) is 94.5 cm³/mol. The first kappa shape index (κ1) is 17.0. The van der Waals surface area contributed by atoms with Gasteiger partial charge in [-0.2, -0.15) is 5.26 Å². The van der Waals surface area contributed by atoms with Crippen LogP contribution in [-0.4, -0.2) is 17.9 Å². The lowest BCUT2D eigenvalue weighted by Gasteiger charge is -2.16. The molecule has 2 aromatic carbocycles. The van der Waals surface area contributed by atoms with Crippen molar-refractivity contribution in [3.63, 3.8) is 0 Å². The number of nitrogens with two attached hydrogens (primary N) is 1. The van der Waals surface area contributed by atoms with Crippen molar-refractivity contribution < 1.29 is 9.59 Å². The minimum atomic E-state index is -0.797. The van der Waals surface area contributed by atoms with Gasteiger partial charge >= 0.3 is 0 Å². The molecule has 0 aromatic heterocycles. The number of halogens is 1. The molecule has 0 fully saturated rings. The van der Waals surface area contributed by atoms with Gasteiger partial charge in [0, 0.05) is 15.6 Å². The van der Waals surface area contributed by atoms with E-state index in [4.69, 9.17) is 11.0 Å². The molecule has 0 radical (unpaired) electrons. The molecule has 0 aliphatic carbocycles. The average molecular weight is 419 g/mol. The lowest BCUT2D eigenvalue weighted by atomic mass is 10.0. The summed E-state index contributed by atoms with van der Waals surface area (Å²) in [5, 5.41) is 11.4. The van der Waals surface area contributed by atoms with Gasteiger partial charge in [0.2, 0.25) is 5.91 Å². The number of hydrogen-bond acceptors (Lipinski definition) is 3. The Hall–Kier alpha value is -2.40. The van der Waals surface area contributed by atoms with Crippen molar-refractivity contribution in [2.45, 2.75) is 12.5 Å². The summed E-state index contributed by atoms with van der Waals surface area (Å²) in [4.78, 5) is 23.9. The van der Waals surface area contributed by atoms with Crippen LogP contribution in [0.25, 0.3) is 0 Å². The van der Waals surface area contributed by atoms with Gasteiger partial charge in [-0.3, -0.25) is 9.59 Å². The maximum Gasteiger partial charge on any atom is 0.251 e. The van der Waals surface area contributed by atoms with Gasteiger partial charge < -0.3 is 11.1 Å². The smallest absolute Gasteiger partial charge is 0.251 e. The number of nitriles is 1. The van der Waals surface area contributed by atoms with Gasteiger partial charge in [0.05, 0.1) is 11.6 Å². The summed E-state index contributed by atoms with van der Waals surface area (Å²) in [7, 11) is 0. The molecule has 0 heterocycles. The van der Waals surface area contributed by atoms with E-state index >= 15 is 0 Å². The number of carbonyl (C=O) groups excluding carboxylic acids is 2. The molecule has 0 saturated heterocycles. The van der Waals surface area contributed by atoms with Crippen molar-refractivity contribution in [1.29, 1.82) is 5.26 Å². The largest absolute Gasteiger partial charge is 0.368 e. The highest BCUT2D eigenvalue weighted by Gasteiger charge is 2.20. The van der Waals surface area contributed by atoms with E-state index in [9.17, 15) is 9.59 Å². The maximum absolute atomic E-state index is 12.2. The maximum atomic E-state index is 12.2. The van der Waals surface area contributed by atoms with Crippen LogP contribution < -0.4 is 11.1 Å². The van der Waals surface area contributed by atoms with Crippen molar-refractivity contribution in [2.24, 2.45) is 5.73 Å². The van der Waals surface area contributed by atoms with Crippen molar-refractivity contribution in [3.05, 3.63) is 68.8 Å². The summed E-state index contributed by atoms with van der Waals surface area (Å²) in [5.74, 6) is -0.990. The predicted octanol–water partition coefficient (Wildman–Crippen LogP) is 1.99. The van der Waals surface area contributed by atoms with Crippen LogP contribution in [0, 0.1) is 14.9 Å². The van der Waals surface area contributed by atoms with Crippen LogP contribution >= 0.6 is 22.6 Å². The number of benzene rings is 2. The van der Waals surface area contributed by atoms with E-state index in [1.807, 2.05) is 30.3 Å². The molecule has 2 aromatic rings. The van der Waals surface area contributed by atoms with E-state index in [-0.39, 0.29) is 0 Å². The molecule has 6 heteroatoms. The van der Waals surface area contributed by atoms with Crippen LogP contribution in [-0.2, 0) is 11.2 Å². The van der Waals surface area contributed by atoms with E-state index in [1.54, 1.807) is 12.1 Å². The van der Waals surface area contributed by atoms with Crippen LogP contribution in [0.3, 0.4) is 0 Å². The number of carbonyl (C=O) groups is 2. The number of primary amides is 1. The second kappa shape index (κ2) is 7.74. The number of nitrogens with zero attached hydrogens (tertiary/aromatic N) is 1. The minimum absolute atomic E-state index is 0.330. The summed E-state index contributed by atoms with van der Waals surface area (Å²) >= 11 is 2.17. The fourth-order valence-corrected chi connectivity index (χ4v) is 2.65. The second-order valence-electron chi connectivity index (χ2n) is 4.91. The molecule has 0 aliphatic rings. The Morgan fingerprint density at radius 2 is 1.83 bits per heavy atom. The summed E-state index contributed by atoms with van der Waals surface area (Å²) in [6, 6.07) is 15.0. The molecule has 1 atom stereocenters. The van der Waals surface area contributed by atoms with Gasteiger partial charge in [-0.25, -0.2) is 0 Å². The molecule has 0 spiro atoms. The van der Waals surface area contributed by atoms with E-state index in [0.717, 1.165) is 9.13 Å². The van der Waals surface area contributed by atoms with E-state index in [1.165, 1.54) is 12.1 Å². The summed E-state index contributed by atoms with van der Waals surface area (Å²) in [6.07, 6.45) is 0.330. The van der Waals surface area contributed by atoms with Crippen molar-refractivity contribution in [1.82, 2.24) is 5.32 Å². The Kier molecular flexibility index (Phi) is 5.71. The summed E-state index contributed by atoms with van der Waals surface area (Å²) in [6.45, 7) is 0. The van der Waals surface area contributed by atoms with Crippen LogP contribution in [0.2, 0.25) is 0 Å². The second-order valence-corrected chi connectivity index (χ2v) is 6.08. The van der Waals surface area contributed by atoms with Crippen LogP contribution in [0.1, 0.15) is 21.5 Å². The monoisotopic (exact) mass is 419 g/mol. The lowest BCUT2D eigenvalue weighted by molar-refractivity contribution is -0.119. The Labute approximate surface area is 147 Å². The Bertz CT molecular complexity index is 766. The molecule has 3 N–H and O–H groups in total. The highest BCUT2D eigenvalue weighted by atomic mass is 127. The molecule has 0 saturated carbocycles. The van der Waals surface area contributed by atoms with E-state index in [2.05, 4.69) is 27.9 Å². The first-order valence-electron chi connectivity index (χ1n) is 6.85. The van der Waals surface area contributed by atoms with Crippen LogP contribution in [0.15, 0.2) is 48.5 Å². The zero-order valence-corrected chi connectivity index (χ0v) is 14.3. The highest BCUT2D eigenvalue weighted by Crippen LogP contribution is 2.14. The molecule has 23 heavy (non-hydrogen) atoms. The molecular weight excluding hydrogens is 405 g/mol. The zero-order chi connectivity index (χ0) is 16.8. The fourth-order valence-electron chi connectivity index (χ4n) is 2.04. The number of amides is 2. The van der Waals surface area contributed by atoms with Crippen molar-refractivity contribution >= 4 is 34.4 Å². The van der Waals surface area contributed by atoms with Crippen molar-refractivity contribution in [3.8, 4) is 6.07 Å². The SMILES string of the molecule is N#Cc1ccc(C(=O)N[C@H](Cc2ccccc2I)C(N)=O)cc1. The van der Waals surface area contributed by atoms with Gasteiger partial charge in [0.1, 0.15) is 6.04 Å². The fraction of sp³-hybridized carbons (Fsp3) is 0.118. The number of nitrogens with one attached hydrogen (secondary N) is 1. The Morgan fingerprint density at radius 3 is 2.39 bits per heavy atom. The molecule has 2 amide bonds. The third kappa shape index (κ3) is 4.53. The number of hydrogen-bond donors (Lipinski definition) is 2. The highest BCUT2D eigenvalue weighted by molar-refractivity contribution is 14.1. The lowest BCUT2D eigenvalue weighted by Crippen LogP contribution is -2.46. The Morgan fingerprint density at radius 1 is 1.17 bits per heavy atom. The molecule has 116 valence electrons. The van der Waals surface area contributed by atoms with Gasteiger partial charge in [0.25, 0.3) is 5.91 Å². The topological polar surface area (TPSA) is 96.0 Å². The molecule has 2 rings (SSSR count). The molecule has 0 aliphatic heterocycles. The summed E-state index contributed by atoms with van der Waals surface area (Å²) < 4.78 is 1.00. The quantitative estimate of drug-likeness (QED) is 0.726. The normalized spacial score (nSPS) is 11.3. The minimum Gasteiger partial charge on any atom is -0.368 e. The third-order valence-electron chi connectivity index (χ3n) is 3.31. The molecule has 5 nitrogen and oxygen atoms in total. The Balaban J connectivity index is 2.13. The van der Waals surface area contributed by atoms with Crippen molar-refractivity contribution in [2.75, 3.05) is 0 Å². The first-order valence-corrected chi connectivity index (χ1v) is 7.93. The van der Waals surface area contributed by atoms with Gasteiger partial charge in [0.15, 0.2) is 0 Å². The first-order chi connectivity index (χ1) is 11.0. The molecule has 0 bridgehead atoms. The number of rotatable bonds is 5. The van der Waals surface area contributed by atoms with Crippen LogP contribution in [0.5, 0.6) is 0 Å². The average Bonchev–Trinajstić information content (AvgIpc) is 2.56. The molecular formula is C17H14IN3O2. The van der Waals surface area contributed by atoms with Gasteiger partial charge in [-0.1, -0.05) is 18.2 Å². The van der Waals surface area contributed by atoms with E-state index < -0.39 is 17.9 Å². The van der Waals surface area contributed by atoms with Gasteiger partial charge in [-0.15, -0.1) is 0 Å². The third-order valence-corrected chi connectivity index (χ3v) is 4.36. The molecule has 0 unspecified atom stereocenters. The van der Waals surface area contributed by atoms with E-state index in [0.29, 0.717) is 17.5 Å². The zero-order valence-electron chi connectivity index (χ0n) is 12.1. The standard InChI is InChI=1S/C17H14IN3O2/c18-14-4-2-1-3-13(14)9-15(16(20)22)21-17(23)12-7-5-11(10-19)6-8-12/h1-8,15H,9H2,(H2,20,22)(H,21,23)/t15-/m1/s1.